The third kappa shape index (κ3) is 5.45. The van der Waals surface area contributed by atoms with Crippen LogP contribution < -0.4 is 10.1 Å². The summed E-state index contributed by atoms with van der Waals surface area (Å²) < 4.78 is 11.3. The van der Waals surface area contributed by atoms with E-state index < -0.39 is 0 Å². The first-order valence-corrected chi connectivity index (χ1v) is 10.8. The lowest BCUT2D eigenvalue weighted by molar-refractivity contribution is 0.0903. The highest BCUT2D eigenvalue weighted by atomic mass is 35.5. The van der Waals surface area contributed by atoms with Gasteiger partial charge in [0, 0.05) is 0 Å². The van der Waals surface area contributed by atoms with Gasteiger partial charge in [-0.25, -0.2) is 0 Å². The number of para-hydroxylation sites is 1. The molecule has 0 aliphatic rings. The Morgan fingerprint density at radius 3 is 2.37 bits per heavy atom. The van der Waals surface area contributed by atoms with Crippen molar-refractivity contribution in [2.45, 2.75) is 52.2 Å². The Morgan fingerprint density at radius 2 is 1.70 bits per heavy atom. The van der Waals surface area contributed by atoms with Crippen molar-refractivity contribution in [3.63, 3.8) is 0 Å². The maximum Gasteiger partial charge on any atom is 0.287 e. The molecule has 30 heavy (non-hydrogen) atoms. The van der Waals surface area contributed by atoms with Crippen molar-refractivity contribution in [1.82, 2.24) is 5.32 Å². The molecule has 2 aromatic carbocycles. The molecule has 5 heteroatoms. The molecule has 1 N–H and O–H groups in total. The number of halogens is 1. The van der Waals surface area contributed by atoms with Gasteiger partial charge in [0.05, 0.1) is 11.1 Å². The predicted octanol–water partition coefficient (Wildman–Crippen LogP) is 6.91. The minimum absolute atomic E-state index is 0.0728. The second-order valence-electron chi connectivity index (χ2n) is 7.40. The van der Waals surface area contributed by atoms with Crippen molar-refractivity contribution >= 4 is 17.5 Å². The lowest BCUT2D eigenvalue weighted by Gasteiger charge is -2.18. The Morgan fingerprint density at radius 1 is 1.00 bits per heavy atom. The first-order chi connectivity index (χ1) is 14.5. The number of benzene rings is 2. The standard InChI is InChI=1S/C25H28ClNO3/c1-4-17(3)18-10-12-19(13-11-18)22(5-2)27-25(28)24-15-14-20(30-24)16-29-23-9-7-6-8-21(23)26/h6-15,17,22H,4-5,16H2,1-3H3,(H,27,28). The lowest BCUT2D eigenvalue weighted by Crippen LogP contribution is -2.27. The molecule has 1 aromatic heterocycles. The molecule has 1 heterocycles. The van der Waals surface area contributed by atoms with Gasteiger partial charge in [-0.1, -0.05) is 68.8 Å². The predicted molar refractivity (Wildman–Crippen MR) is 120 cm³/mol. The monoisotopic (exact) mass is 425 g/mol. The molecule has 0 aliphatic heterocycles. The van der Waals surface area contributed by atoms with Gasteiger partial charge in [0.2, 0.25) is 0 Å². The molecule has 3 rings (SSSR count). The summed E-state index contributed by atoms with van der Waals surface area (Å²) in [6.07, 6.45) is 1.89. The second kappa shape index (κ2) is 10.4. The number of rotatable bonds is 9. The smallest absolute Gasteiger partial charge is 0.287 e. The van der Waals surface area contributed by atoms with Crippen LogP contribution in [0, 0.1) is 0 Å². The van der Waals surface area contributed by atoms with Gasteiger partial charge in [-0.15, -0.1) is 0 Å². The number of hydrogen-bond donors (Lipinski definition) is 1. The fraction of sp³-hybridized carbons (Fsp3) is 0.320. The Bertz CT molecular complexity index is 965. The van der Waals surface area contributed by atoms with Crippen LogP contribution in [0.3, 0.4) is 0 Å². The summed E-state index contributed by atoms with van der Waals surface area (Å²) in [6.45, 7) is 6.66. The molecule has 158 valence electrons. The number of carbonyl (C=O) groups excluding carboxylic acids is 1. The summed E-state index contributed by atoms with van der Waals surface area (Å²) >= 11 is 6.09. The van der Waals surface area contributed by atoms with Crippen molar-refractivity contribution in [3.05, 3.63) is 88.3 Å². The van der Waals surface area contributed by atoms with Crippen molar-refractivity contribution in [1.29, 1.82) is 0 Å². The van der Waals surface area contributed by atoms with E-state index in [4.69, 9.17) is 20.8 Å². The molecule has 3 aromatic rings. The van der Waals surface area contributed by atoms with Gasteiger partial charge in [0.1, 0.15) is 18.1 Å². The number of furan rings is 1. The van der Waals surface area contributed by atoms with E-state index in [1.54, 1.807) is 24.3 Å². The molecule has 1 amide bonds. The van der Waals surface area contributed by atoms with E-state index in [2.05, 4.69) is 50.4 Å². The van der Waals surface area contributed by atoms with E-state index in [0.29, 0.717) is 22.5 Å². The zero-order valence-electron chi connectivity index (χ0n) is 17.7. The topological polar surface area (TPSA) is 51.5 Å². The Kier molecular flexibility index (Phi) is 7.58. The fourth-order valence-corrected chi connectivity index (χ4v) is 3.42. The van der Waals surface area contributed by atoms with Gasteiger partial charge in [-0.05, 0) is 54.2 Å². The molecule has 0 spiro atoms. The van der Waals surface area contributed by atoms with E-state index >= 15 is 0 Å². The minimum Gasteiger partial charge on any atom is -0.484 e. The highest BCUT2D eigenvalue weighted by Crippen LogP contribution is 2.25. The van der Waals surface area contributed by atoms with Crippen LogP contribution in [0.1, 0.15) is 73.0 Å². The average Bonchev–Trinajstić information content (AvgIpc) is 3.25. The van der Waals surface area contributed by atoms with Gasteiger partial charge in [0.15, 0.2) is 5.76 Å². The summed E-state index contributed by atoms with van der Waals surface area (Å²) in [5.41, 5.74) is 2.41. The first kappa shape index (κ1) is 22.0. The Labute approximate surface area is 183 Å². The maximum atomic E-state index is 12.7. The van der Waals surface area contributed by atoms with Gasteiger partial charge < -0.3 is 14.5 Å². The van der Waals surface area contributed by atoms with Crippen molar-refractivity contribution in [3.8, 4) is 5.75 Å². The molecule has 0 saturated heterocycles. The molecule has 2 unspecified atom stereocenters. The van der Waals surface area contributed by atoms with Gasteiger partial charge in [-0.2, -0.15) is 0 Å². The normalized spacial score (nSPS) is 12.9. The molecule has 2 atom stereocenters. The van der Waals surface area contributed by atoms with Crippen molar-refractivity contribution in [2.75, 3.05) is 0 Å². The fourth-order valence-electron chi connectivity index (χ4n) is 3.23. The molecular formula is C25H28ClNO3. The maximum absolute atomic E-state index is 12.7. The zero-order valence-corrected chi connectivity index (χ0v) is 18.4. The van der Waals surface area contributed by atoms with Crippen LogP contribution in [0.5, 0.6) is 5.75 Å². The van der Waals surface area contributed by atoms with E-state index in [9.17, 15) is 4.79 Å². The van der Waals surface area contributed by atoms with Gasteiger partial charge >= 0.3 is 0 Å². The van der Waals surface area contributed by atoms with Crippen LogP contribution in [0.15, 0.2) is 65.1 Å². The van der Waals surface area contributed by atoms with Crippen LogP contribution in [-0.4, -0.2) is 5.91 Å². The van der Waals surface area contributed by atoms with Gasteiger partial charge in [-0.3, -0.25) is 4.79 Å². The number of ether oxygens (including phenoxy) is 1. The Balaban J connectivity index is 1.61. The first-order valence-electron chi connectivity index (χ1n) is 10.4. The largest absolute Gasteiger partial charge is 0.484 e. The number of carbonyl (C=O) groups is 1. The zero-order chi connectivity index (χ0) is 21.5. The van der Waals surface area contributed by atoms with E-state index in [1.165, 1.54) is 5.56 Å². The van der Waals surface area contributed by atoms with Crippen molar-refractivity contribution in [2.24, 2.45) is 0 Å². The van der Waals surface area contributed by atoms with Crippen LogP contribution in [0.4, 0.5) is 0 Å². The second-order valence-corrected chi connectivity index (χ2v) is 7.80. The van der Waals surface area contributed by atoms with E-state index in [-0.39, 0.29) is 24.3 Å². The Hall–Kier alpha value is -2.72. The summed E-state index contributed by atoms with van der Waals surface area (Å²) in [5, 5.41) is 3.60. The molecule has 4 nitrogen and oxygen atoms in total. The summed E-state index contributed by atoms with van der Waals surface area (Å²) in [4.78, 5) is 12.7. The third-order valence-corrected chi connectivity index (χ3v) is 5.64. The summed E-state index contributed by atoms with van der Waals surface area (Å²) in [6, 6.07) is 19.1. The average molecular weight is 426 g/mol. The van der Waals surface area contributed by atoms with Crippen LogP contribution in [-0.2, 0) is 6.61 Å². The molecule has 0 saturated carbocycles. The molecule has 0 aliphatic carbocycles. The molecule has 0 radical (unpaired) electrons. The quantitative estimate of drug-likeness (QED) is 0.405. The van der Waals surface area contributed by atoms with Crippen LogP contribution in [0.25, 0.3) is 0 Å². The number of hydrogen-bond acceptors (Lipinski definition) is 3. The van der Waals surface area contributed by atoms with Gasteiger partial charge in [0.25, 0.3) is 5.91 Å². The summed E-state index contributed by atoms with van der Waals surface area (Å²) in [7, 11) is 0. The molecule has 0 fully saturated rings. The third-order valence-electron chi connectivity index (χ3n) is 5.33. The lowest BCUT2D eigenvalue weighted by atomic mass is 9.95. The highest BCUT2D eigenvalue weighted by Gasteiger charge is 2.17. The van der Waals surface area contributed by atoms with Crippen LogP contribution in [0.2, 0.25) is 5.02 Å². The summed E-state index contributed by atoms with van der Waals surface area (Å²) in [5.74, 6) is 1.70. The highest BCUT2D eigenvalue weighted by molar-refractivity contribution is 6.32. The SMILES string of the molecule is CCC(C)c1ccc(C(CC)NC(=O)c2ccc(COc3ccccc3Cl)o2)cc1. The minimum atomic E-state index is -0.239. The molecular weight excluding hydrogens is 398 g/mol. The van der Waals surface area contributed by atoms with E-state index in [0.717, 1.165) is 18.4 Å². The molecule has 0 bridgehead atoms. The van der Waals surface area contributed by atoms with Crippen molar-refractivity contribution < 1.29 is 13.9 Å². The van der Waals surface area contributed by atoms with Crippen LogP contribution >= 0.6 is 11.6 Å². The number of nitrogens with one attached hydrogen (secondary N) is 1. The van der Waals surface area contributed by atoms with E-state index in [1.807, 2.05) is 12.1 Å². The number of amides is 1.